The molecule has 0 unspecified atom stereocenters. The molecule has 5 nitrogen and oxygen atoms in total. The monoisotopic (exact) mass is 310 g/mol. The van der Waals surface area contributed by atoms with E-state index in [-0.39, 0.29) is 18.1 Å². The Balaban J connectivity index is 2.09. The Kier molecular flexibility index (Phi) is 5.21. The van der Waals surface area contributed by atoms with Crippen LogP contribution in [-0.4, -0.2) is 18.1 Å². The van der Waals surface area contributed by atoms with Crippen molar-refractivity contribution >= 4 is 11.6 Å². The number of nitrogens with one attached hydrogen (secondary N) is 1. The zero-order valence-electron chi connectivity index (χ0n) is 13.0. The largest absolute Gasteiger partial charge is 0.504 e. The van der Waals surface area contributed by atoms with Crippen molar-refractivity contribution in [3.8, 4) is 17.6 Å². The zero-order valence-corrected chi connectivity index (χ0v) is 13.0. The predicted octanol–water partition coefficient (Wildman–Crippen LogP) is 3.03. The van der Waals surface area contributed by atoms with Crippen LogP contribution in [0.4, 0.5) is 5.69 Å². The second-order valence-electron chi connectivity index (χ2n) is 5.25. The van der Waals surface area contributed by atoms with E-state index < -0.39 is 5.92 Å². The highest BCUT2D eigenvalue weighted by molar-refractivity contribution is 5.94. The van der Waals surface area contributed by atoms with Crippen molar-refractivity contribution < 1.29 is 14.6 Å². The van der Waals surface area contributed by atoms with E-state index >= 15 is 0 Å². The second-order valence-corrected chi connectivity index (χ2v) is 5.25. The minimum atomic E-state index is -0.828. The summed E-state index contributed by atoms with van der Waals surface area (Å²) in [7, 11) is 1.45. The first-order chi connectivity index (χ1) is 11.0. The normalized spacial score (nSPS) is 11.3. The molecule has 0 saturated heterocycles. The second kappa shape index (κ2) is 7.32. The van der Waals surface area contributed by atoms with Gasteiger partial charge in [0.05, 0.1) is 13.2 Å². The summed E-state index contributed by atoms with van der Waals surface area (Å²) in [6.45, 7) is 1.96. The fourth-order valence-electron chi connectivity index (χ4n) is 2.15. The van der Waals surface area contributed by atoms with Gasteiger partial charge in [0.15, 0.2) is 11.5 Å². The minimum absolute atomic E-state index is 0.0221. The molecule has 0 fully saturated rings. The number of aromatic hydroxyl groups is 1. The number of phenolic OH excluding ortho intramolecular Hbond substituents is 1. The van der Waals surface area contributed by atoms with E-state index in [2.05, 4.69) is 5.32 Å². The van der Waals surface area contributed by atoms with Gasteiger partial charge in [0, 0.05) is 5.69 Å². The van der Waals surface area contributed by atoms with Gasteiger partial charge in [0.2, 0.25) is 5.91 Å². The summed E-state index contributed by atoms with van der Waals surface area (Å²) in [6.07, 6.45) is 0.241. The fourth-order valence-corrected chi connectivity index (χ4v) is 2.15. The molecule has 0 radical (unpaired) electrons. The smallest absolute Gasteiger partial charge is 0.242 e. The third kappa shape index (κ3) is 4.24. The zero-order chi connectivity index (χ0) is 16.8. The molecule has 2 rings (SSSR count). The summed E-state index contributed by atoms with van der Waals surface area (Å²) in [6, 6.07) is 14.2. The first-order valence-electron chi connectivity index (χ1n) is 7.16. The van der Waals surface area contributed by atoms with Crippen molar-refractivity contribution in [2.75, 3.05) is 12.4 Å². The molecule has 23 heavy (non-hydrogen) atoms. The predicted molar refractivity (Wildman–Crippen MR) is 87.3 cm³/mol. The third-order valence-electron chi connectivity index (χ3n) is 3.48. The lowest BCUT2D eigenvalue weighted by atomic mass is 9.99. The molecular weight excluding hydrogens is 292 g/mol. The van der Waals surface area contributed by atoms with E-state index in [1.165, 1.54) is 13.2 Å². The number of phenols is 1. The fraction of sp³-hybridized carbons (Fsp3) is 0.222. The van der Waals surface area contributed by atoms with Crippen LogP contribution in [-0.2, 0) is 11.2 Å². The lowest BCUT2D eigenvalue weighted by molar-refractivity contribution is -0.118. The van der Waals surface area contributed by atoms with Crippen LogP contribution in [0.15, 0.2) is 42.5 Å². The van der Waals surface area contributed by atoms with E-state index in [9.17, 15) is 15.2 Å². The highest BCUT2D eigenvalue weighted by Gasteiger charge is 2.19. The minimum Gasteiger partial charge on any atom is -0.504 e. The van der Waals surface area contributed by atoms with Crippen LogP contribution < -0.4 is 10.1 Å². The molecule has 0 heterocycles. The first-order valence-corrected chi connectivity index (χ1v) is 7.16. The number of benzene rings is 2. The maximum atomic E-state index is 12.2. The highest BCUT2D eigenvalue weighted by Crippen LogP contribution is 2.27. The molecule has 1 atom stereocenters. The standard InChI is InChI=1S/C18H18N2O3/c1-12-3-6-15(7-4-12)20-18(22)14(11-19)9-13-5-8-16(21)17(10-13)23-2/h3-8,10,14,21H,9H2,1-2H3,(H,20,22)/t14-/m1/s1. The van der Waals surface area contributed by atoms with Gasteiger partial charge in [0.25, 0.3) is 0 Å². The van der Waals surface area contributed by atoms with E-state index in [1.807, 2.05) is 25.1 Å². The van der Waals surface area contributed by atoms with E-state index in [0.29, 0.717) is 11.4 Å². The highest BCUT2D eigenvalue weighted by atomic mass is 16.5. The van der Waals surface area contributed by atoms with Crippen molar-refractivity contribution in [1.82, 2.24) is 0 Å². The number of carbonyl (C=O) groups excluding carboxylic acids is 1. The lowest BCUT2D eigenvalue weighted by Crippen LogP contribution is -2.23. The van der Waals surface area contributed by atoms with E-state index in [0.717, 1.165) is 11.1 Å². The Bertz CT molecular complexity index is 733. The molecule has 5 heteroatoms. The Morgan fingerprint density at radius 3 is 2.61 bits per heavy atom. The Morgan fingerprint density at radius 1 is 1.30 bits per heavy atom. The van der Waals surface area contributed by atoms with Crippen LogP contribution in [0.2, 0.25) is 0 Å². The summed E-state index contributed by atoms with van der Waals surface area (Å²) >= 11 is 0. The van der Waals surface area contributed by atoms with E-state index in [4.69, 9.17) is 4.74 Å². The molecule has 2 aromatic carbocycles. The molecule has 2 aromatic rings. The maximum Gasteiger partial charge on any atom is 0.242 e. The van der Waals surface area contributed by atoms with Gasteiger partial charge in [0.1, 0.15) is 5.92 Å². The summed E-state index contributed by atoms with van der Waals surface area (Å²) in [5.74, 6) is -0.846. The molecule has 1 amide bonds. The van der Waals surface area contributed by atoms with Crippen molar-refractivity contribution in [3.63, 3.8) is 0 Å². The summed E-state index contributed by atoms with van der Waals surface area (Å²) in [5, 5.41) is 21.6. The number of aryl methyl sites for hydroxylation is 1. The van der Waals surface area contributed by atoms with Crippen LogP contribution in [0.1, 0.15) is 11.1 Å². The molecule has 0 spiro atoms. The lowest BCUT2D eigenvalue weighted by Gasteiger charge is -2.12. The molecule has 118 valence electrons. The van der Waals surface area contributed by atoms with Gasteiger partial charge in [-0.3, -0.25) is 4.79 Å². The number of rotatable bonds is 5. The summed E-state index contributed by atoms with van der Waals surface area (Å²) in [4.78, 5) is 12.2. The molecule has 0 aliphatic rings. The molecule has 0 saturated carbocycles. The SMILES string of the molecule is COc1cc(C[C@H](C#N)C(=O)Nc2ccc(C)cc2)ccc1O. The number of carbonyl (C=O) groups is 1. The Morgan fingerprint density at radius 2 is 2.00 bits per heavy atom. The summed E-state index contributed by atoms with van der Waals surface area (Å²) < 4.78 is 5.03. The number of nitrogens with zero attached hydrogens (tertiary/aromatic N) is 1. The first kappa shape index (κ1) is 16.4. The average Bonchev–Trinajstić information content (AvgIpc) is 2.56. The molecule has 0 aliphatic heterocycles. The van der Waals surface area contributed by atoms with Gasteiger partial charge in [-0.05, 0) is 43.2 Å². The van der Waals surface area contributed by atoms with Crippen molar-refractivity contribution in [2.24, 2.45) is 5.92 Å². The van der Waals surface area contributed by atoms with Gasteiger partial charge in [-0.15, -0.1) is 0 Å². The van der Waals surface area contributed by atoms with Gasteiger partial charge in [-0.1, -0.05) is 23.8 Å². The van der Waals surface area contributed by atoms with Crippen molar-refractivity contribution in [2.45, 2.75) is 13.3 Å². The number of ether oxygens (including phenoxy) is 1. The molecule has 2 N–H and O–H groups in total. The van der Waals surface area contributed by atoms with Crippen LogP contribution in [0.5, 0.6) is 11.5 Å². The van der Waals surface area contributed by atoms with Gasteiger partial charge >= 0.3 is 0 Å². The number of methoxy groups -OCH3 is 1. The molecular formula is C18H18N2O3. The molecule has 0 aliphatic carbocycles. The number of nitriles is 1. The third-order valence-corrected chi connectivity index (χ3v) is 3.48. The quantitative estimate of drug-likeness (QED) is 0.889. The van der Waals surface area contributed by atoms with Crippen LogP contribution in [0, 0.1) is 24.2 Å². The van der Waals surface area contributed by atoms with Crippen LogP contribution in [0.3, 0.4) is 0 Å². The topological polar surface area (TPSA) is 82.3 Å². The number of hydrogen-bond donors (Lipinski definition) is 2. The van der Waals surface area contributed by atoms with E-state index in [1.54, 1.807) is 24.3 Å². The number of anilines is 1. The summed E-state index contributed by atoms with van der Waals surface area (Å²) in [5.41, 5.74) is 2.49. The molecule has 0 aromatic heterocycles. The van der Waals surface area contributed by atoms with Gasteiger partial charge in [-0.25, -0.2) is 0 Å². The number of amides is 1. The number of hydrogen-bond acceptors (Lipinski definition) is 4. The van der Waals surface area contributed by atoms with Gasteiger partial charge < -0.3 is 15.2 Å². The van der Waals surface area contributed by atoms with Crippen molar-refractivity contribution in [1.29, 1.82) is 5.26 Å². The van der Waals surface area contributed by atoms with Crippen LogP contribution >= 0.6 is 0 Å². The Labute approximate surface area is 135 Å². The average molecular weight is 310 g/mol. The van der Waals surface area contributed by atoms with Crippen LogP contribution in [0.25, 0.3) is 0 Å². The van der Waals surface area contributed by atoms with Gasteiger partial charge in [-0.2, -0.15) is 5.26 Å². The molecule has 0 bridgehead atoms. The van der Waals surface area contributed by atoms with Crippen molar-refractivity contribution in [3.05, 3.63) is 53.6 Å². The Hall–Kier alpha value is -3.00. The maximum absolute atomic E-state index is 12.2.